The maximum Gasteiger partial charge on any atom is 0.160 e. The predicted molar refractivity (Wildman–Crippen MR) is 90.9 cm³/mol. The lowest BCUT2D eigenvalue weighted by Crippen LogP contribution is -2.30. The van der Waals surface area contributed by atoms with Gasteiger partial charge in [0.2, 0.25) is 0 Å². The highest BCUT2D eigenvalue weighted by molar-refractivity contribution is 5.62. The van der Waals surface area contributed by atoms with Gasteiger partial charge in [-0.25, -0.2) is 0 Å². The number of ether oxygens (including phenoxy) is 2. The number of hydrogen-bond donors (Lipinski definition) is 2. The van der Waals surface area contributed by atoms with Gasteiger partial charge in [-0.05, 0) is 42.3 Å². The van der Waals surface area contributed by atoms with Gasteiger partial charge in [0.25, 0.3) is 0 Å². The molecule has 0 saturated heterocycles. The highest BCUT2D eigenvalue weighted by Gasteiger charge is 2.15. The predicted octanol–water partition coefficient (Wildman–Crippen LogP) is 3.35. The number of fused-ring (bicyclic) bond motifs is 1. The molecule has 0 bridgehead atoms. The number of hydrogen-bond acceptors (Lipinski definition) is 4. The molecular formula is C19H21NO3. The molecule has 2 aromatic rings. The van der Waals surface area contributed by atoms with E-state index in [9.17, 15) is 5.11 Å². The zero-order valence-electron chi connectivity index (χ0n) is 13.4. The van der Waals surface area contributed by atoms with Crippen molar-refractivity contribution in [3.8, 4) is 17.2 Å². The molecule has 4 heteroatoms. The highest BCUT2D eigenvalue weighted by Crippen LogP contribution is 2.28. The SMILES string of the molecule is COc1ccc(CNC(C)C2=Cc3ccccc3OC2)cc1O. The van der Waals surface area contributed by atoms with E-state index in [-0.39, 0.29) is 11.8 Å². The van der Waals surface area contributed by atoms with Crippen LogP contribution in [0.1, 0.15) is 18.1 Å². The molecule has 0 aromatic heterocycles. The summed E-state index contributed by atoms with van der Waals surface area (Å²) in [6, 6.07) is 13.7. The Balaban J connectivity index is 1.65. The van der Waals surface area contributed by atoms with Crippen molar-refractivity contribution in [2.24, 2.45) is 0 Å². The lowest BCUT2D eigenvalue weighted by atomic mass is 10.0. The zero-order chi connectivity index (χ0) is 16.2. The molecule has 0 fully saturated rings. The van der Waals surface area contributed by atoms with Crippen LogP contribution in [0.5, 0.6) is 17.2 Å². The Labute approximate surface area is 136 Å². The quantitative estimate of drug-likeness (QED) is 0.889. The van der Waals surface area contributed by atoms with Crippen molar-refractivity contribution in [2.75, 3.05) is 13.7 Å². The van der Waals surface area contributed by atoms with Gasteiger partial charge < -0.3 is 19.9 Å². The van der Waals surface area contributed by atoms with Crippen LogP contribution < -0.4 is 14.8 Å². The Morgan fingerprint density at radius 2 is 2.09 bits per heavy atom. The van der Waals surface area contributed by atoms with E-state index in [0.717, 1.165) is 16.9 Å². The fourth-order valence-corrected chi connectivity index (χ4v) is 2.63. The van der Waals surface area contributed by atoms with Gasteiger partial charge in [-0.3, -0.25) is 0 Å². The molecule has 1 atom stereocenters. The standard InChI is InChI=1S/C19H21NO3/c1-13(16-10-15-5-3-4-6-18(15)23-12-16)20-11-14-7-8-19(22-2)17(21)9-14/h3-10,13,20-21H,11-12H2,1-2H3. The van der Waals surface area contributed by atoms with Crippen molar-refractivity contribution in [3.05, 3.63) is 59.2 Å². The summed E-state index contributed by atoms with van der Waals surface area (Å²) < 4.78 is 10.9. The molecule has 0 aliphatic carbocycles. The molecule has 2 N–H and O–H groups in total. The Kier molecular flexibility index (Phi) is 4.53. The van der Waals surface area contributed by atoms with Crippen LogP contribution in [-0.4, -0.2) is 24.9 Å². The van der Waals surface area contributed by atoms with E-state index in [2.05, 4.69) is 24.4 Å². The monoisotopic (exact) mass is 311 g/mol. The summed E-state index contributed by atoms with van der Waals surface area (Å²) in [4.78, 5) is 0. The van der Waals surface area contributed by atoms with Gasteiger partial charge in [-0.2, -0.15) is 0 Å². The minimum absolute atomic E-state index is 0.161. The Morgan fingerprint density at radius 3 is 2.87 bits per heavy atom. The molecule has 0 amide bonds. The topological polar surface area (TPSA) is 50.7 Å². The number of methoxy groups -OCH3 is 1. The van der Waals surface area contributed by atoms with Crippen LogP contribution in [0.25, 0.3) is 6.08 Å². The lowest BCUT2D eigenvalue weighted by molar-refractivity contribution is 0.334. The first-order valence-corrected chi connectivity index (χ1v) is 7.69. The zero-order valence-corrected chi connectivity index (χ0v) is 13.4. The average Bonchev–Trinajstić information content (AvgIpc) is 2.59. The number of para-hydroxylation sites is 1. The minimum atomic E-state index is 0.161. The first-order valence-electron chi connectivity index (χ1n) is 7.69. The maximum absolute atomic E-state index is 9.83. The molecule has 3 rings (SSSR count). The maximum atomic E-state index is 9.83. The van der Waals surface area contributed by atoms with Crippen LogP contribution >= 0.6 is 0 Å². The van der Waals surface area contributed by atoms with Gasteiger partial charge in [0, 0.05) is 18.2 Å². The van der Waals surface area contributed by atoms with E-state index in [1.807, 2.05) is 24.3 Å². The molecule has 1 heterocycles. The Hall–Kier alpha value is -2.46. The Morgan fingerprint density at radius 1 is 1.26 bits per heavy atom. The van der Waals surface area contributed by atoms with Gasteiger partial charge in [0.15, 0.2) is 11.5 Å². The van der Waals surface area contributed by atoms with E-state index < -0.39 is 0 Å². The largest absolute Gasteiger partial charge is 0.504 e. The summed E-state index contributed by atoms with van der Waals surface area (Å²) in [5.74, 6) is 1.58. The third-order valence-corrected chi connectivity index (χ3v) is 4.07. The van der Waals surface area contributed by atoms with E-state index in [4.69, 9.17) is 9.47 Å². The van der Waals surface area contributed by atoms with Crippen LogP contribution in [0.15, 0.2) is 48.0 Å². The van der Waals surface area contributed by atoms with E-state index in [1.165, 1.54) is 5.57 Å². The lowest BCUT2D eigenvalue weighted by Gasteiger charge is -2.23. The molecule has 1 unspecified atom stereocenters. The minimum Gasteiger partial charge on any atom is -0.504 e. The van der Waals surface area contributed by atoms with Gasteiger partial charge in [-0.1, -0.05) is 24.3 Å². The van der Waals surface area contributed by atoms with Crippen LogP contribution in [0.2, 0.25) is 0 Å². The summed E-state index contributed by atoms with van der Waals surface area (Å²) in [5, 5.41) is 13.3. The summed E-state index contributed by atoms with van der Waals surface area (Å²) in [5.41, 5.74) is 3.33. The van der Waals surface area contributed by atoms with Gasteiger partial charge in [-0.15, -0.1) is 0 Å². The molecule has 0 saturated carbocycles. The average molecular weight is 311 g/mol. The first-order chi connectivity index (χ1) is 11.2. The van der Waals surface area contributed by atoms with E-state index in [0.29, 0.717) is 18.9 Å². The third-order valence-electron chi connectivity index (χ3n) is 4.07. The Bertz CT molecular complexity index is 724. The van der Waals surface area contributed by atoms with Gasteiger partial charge in [0.1, 0.15) is 12.4 Å². The molecule has 0 spiro atoms. The number of phenols is 1. The number of rotatable bonds is 5. The van der Waals surface area contributed by atoms with Crippen molar-refractivity contribution < 1.29 is 14.6 Å². The first kappa shape index (κ1) is 15.4. The van der Waals surface area contributed by atoms with Gasteiger partial charge >= 0.3 is 0 Å². The summed E-state index contributed by atoms with van der Waals surface area (Å²) in [6.45, 7) is 3.38. The fourth-order valence-electron chi connectivity index (χ4n) is 2.63. The molecule has 4 nitrogen and oxygen atoms in total. The second-order valence-corrected chi connectivity index (χ2v) is 5.65. The second-order valence-electron chi connectivity index (χ2n) is 5.65. The van der Waals surface area contributed by atoms with Crippen molar-refractivity contribution in [1.82, 2.24) is 5.32 Å². The molecule has 120 valence electrons. The number of phenolic OH excluding ortho intramolecular Hbond substituents is 1. The molecule has 0 radical (unpaired) electrons. The normalized spacial score (nSPS) is 14.4. The van der Waals surface area contributed by atoms with Crippen molar-refractivity contribution in [2.45, 2.75) is 19.5 Å². The van der Waals surface area contributed by atoms with Crippen molar-refractivity contribution >= 4 is 6.08 Å². The molecule has 1 aliphatic heterocycles. The van der Waals surface area contributed by atoms with Crippen LogP contribution in [0, 0.1) is 0 Å². The molecule has 1 aliphatic rings. The van der Waals surface area contributed by atoms with E-state index in [1.54, 1.807) is 19.2 Å². The van der Waals surface area contributed by atoms with Crippen molar-refractivity contribution in [3.63, 3.8) is 0 Å². The van der Waals surface area contributed by atoms with Crippen LogP contribution in [0.3, 0.4) is 0 Å². The third kappa shape index (κ3) is 3.48. The van der Waals surface area contributed by atoms with Crippen LogP contribution in [-0.2, 0) is 6.54 Å². The molecule has 2 aromatic carbocycles. The number of aromatic hydroxyl groups is 1. The summed E-state index contributed by atoms with van der Waals surface area (Å²) in [7, 11) is 1.54. The molecule has 23 heavy (non-hydrogen) atoms. The second kappa shape index (κ2) is 6.75. The van der Waals surface area contributed by atoms with Crippen molar-refractivity contribution in [1.29, 1.82) is 0 Å². The van der Waals surface area contributed by atoms with Crippen LogP contribution in [0.4, 0.5) is 0 Å². The summed E-state index contributed by atoms with van der Waals surface area (Å²) >= 11 is 0. The number of benzene rings is 2. The smallest absolute Gasteiger partial charge is 0.160 e. The summed E-state index contributed by atoms with van der Waals surface area (Å²) in [6.07, 6.45) is 2.18. The number of nitrogens with one attached hydrogen (secondary N) is 1. The van der Waals surface area contributed by atoms with Gasteiger partial charge in [0.05, 0.1) is 7.11 Å². The fraction of sp³-hybridized carbons (Fsp3) is 0.263. The van der Waals surface area contributed by atoms with E-state index >= 15 is 0 Å². The molecular weight excluding hydrogens is 290 g/mol. The highest BCUT2D eigenvalue weighted by atomic mass is 16.5.